The highest BCUT2D eigenvalue weighted by Gasteiger charge is 2.16. The molecular formula is C19H16FN3O5S. The number of hydrogen-bond acceptors (Lipinski definition) is 5. The van der Waals surface area contributed by atoms with Gasteiger partial charge in [0.1, 0.15) is 5.82 Å². The van der Waals surface area contributed by atoms with Gasteiger partial charge in [0.05, 0.1) is 11.2 Å². The third-order valence-electron chi connectivity index (χ3n) is 3.87. The number of carbonyl (C=O) groups is 2. The summed E-state index contributed by atoms with van der Waals surface area (Å²) in [5.41, 5.74) is 5.01. The number of amides is 2. The van der Waals surface area contributed by atoms with Gasteiger partial charge in [0.15, 0.2) is 5.76 Å². The quantitative estimate of drug-likeness (QED) is 0.552. The summed E-state index contributed by atoms with van der Waals surface area (Å²) in [6.07, 6.45) is 1.32. The maximum atomic E-state index is 13.3. The number of nitrogens with one attached hydrogen (secondary N) is 3. The van der Waals surface area contributed by atoms with E-state index in [1.807, 2.05) is 0 Å². The summed E-state index contributed by atoms with van der Waals surface area (Å²) >= 11 is 0. The fraction of sp³-hybridized carbons (Fsp3) is 0.0526. The lowest BCUT2D eigenvalue weighted by atomic mass is 10.2. The topological polar surface area (TPSA) is 118 Å². The van der Waals surface area contributed by atoms with Crippen LogP contribution in [0.1, 0.15) is 26.5 Å². The summed E-state index contributed by atoms with van der Waals surface area (Å²) in [4.78, 5) is 23.7. The van der Waals surface area contributed by atoms with Gasteiger partial charge in [0.25, 0.3) is 15.9 Å². The van der Waals surface area contributed by atoms with Crippen molar-refractivity contribution in [2.24, 2.45) is 0 Å². The van der Waals surface area contributed by atoms with Crippen LogP contribution in [0.5, 0.6) is 0 Å². The molecule has 0 saturated carbocycles. The molecule has 0 aliphatic carbocycles. The number of hydrogen-bond donors (Lipinski definition) is 3. The van der Waals surface area contributed by atoms with Crippen LogP contribution in [-0.4, -0.2) is 20.2 Å². The Bertz CT molecular complexity index is 1140. The van der Waals surface area contributed by atoms with Crippen molar-refractivity contribution in [3.8, 4) is 0 Å². The van der Waals surface area contributed by atoms with Gasteiger partial charge in [-0.05, 0) is 67.1 Å². The molecule has 0 unspecified atom stereocenters. The van der Waals surface area contributed by atoms with Gasteiger partial charge in [0, 0.05) is 11.3 Å². The number of halogens is 1. The summed E-state index contributed by atoms with van der Waals surface area (Å²) in [6, 6.07) is 12.0. The molecular weight excluding hydrogens is 401 g/mol. The van der Waals surface area contributed by atoms with E-state index >= 15 is 0 Å². The second-order valence-corrected chi connectivity index (χ2v) is 7.66. The van der Waals surface area contributed by atoms with E-state index in [9.17, 15) is 22.4 Å². The lowest BCUT2D eigenvalue weighted by Gasteiger charge is -2.10. The molecule has 150 valence electrons. The Labute approximate surface area is 165 Å². The minimum Gasteiger partial charge on any atom is -0.459 e. The Morgan fingerprint density at radius 2 is 1.66 bits per heavy atom. The summed E-state index contributed by atoms with van der Waals surface area (Å²) in [7, 11) is -3.92. The number of carbonyl (C=O) groups excluding carboxylic acids is 2. The van der Waals surface area contributed by atoms with Crippen LogP contribution in [0.15, 0.2) is 70.2 Å². The van der Waals surface area contributed by atoms with Gasteiger partial charge in [-0.1, -0.05) is 0 Å². The van der Waals surface area contributed by atoms with Gasteiger partial charge in [0.2, 0.25) is 0 Å². The molecule has 10 heteroatoms. The fourth-order valence-electron chi connectivity index (χ4n) is 2.34. The SMILES string of the molecule is Cc1cc(S(=O)(=O)Nc2ccc(C(=O)NNC(=O)c3ccco3)cc2)ccc1F. The van der Waals surface area contributed by atoms with Crippen molar-refractivity contribution < 1.29 is 26.8 Å². The molecule has 1 heterocycles. The predicted octanol–water partition coefficient (Wildman–Crippen LogP) is 2.60. The summed E-state index contributed by atoms with van der Waals surface area (Å²) in [6.45, 7) is 1.46. The van der Waals surface area contributed by atoms with Crippen molar-refractivity contribution in [2.75, 3.05) is 4.72 Å². The molecule has 3 aromatic rings. The molecule has 3 rings (SSSR count). The van der Waals surface area contributed by atoms with E-state index in [1.54, 1.807) is 0 Å². The van der Waals surface area contributed by atoms with Gasteiger partial charge in [-0.25, -0.2) is 12.8 Å². The zero-order chi connectivity index (χ0) is 21.0. The maximum Gasteiger partial charge on any atom is 0.305 e. The van der Waals surface area contributed by atoms with Gasteiger partial charge < -0.3 is 4.42 Å². The van der Waals surface area contributed by atoms with Gasteiger partial charge in [-0.3, -0.25) is 25.2 Å². The molecule has 2 amide bonds. The Morgan fingerprint density at radius 3 is 2.28 bits per heavy atom. The highest BCUT2D eigenvalue weighted by molar-refractivity contribution is 7.92. The van der Waals surface area contributed by atoms with E-state index in [1.165, 1.54) is 55.7 Å². The summed E-state index contributed by atoms with van der Waals surface area (Å²) in [5, 5.41) is 0. The second kappa shape index (κ2) is 8.15. The zero-order valence-electron chi connectivity index (χ0n) is 15.1. The maximum absolute atomic E-state index is 13.3. The second-order valence-electron chi connectivity index (χ2n) is 5.98. The minimum absolute atomic E-state index is 0.0334. The van der Waals surface area contributed by atoms with Crippen molar-refractivity contribution >= 4 is 27.5 Å². The first-order valence-electron chi connectivity index (χ1n) is 8.29. The van der Waals surface area contributed by atoms with E-state index in [0.717, 1.165) is 12.1 Å². The lowest BCUT2D eigenvalue weighted by Crippen LogP contribution is -2.41. The van der Waals surface area contributed by atoms with Crippen LogP contribution in [-0.2, 0) is 10.0 Å². The van der Waals surface area contributed by atoms with Crippen LogP contribution in [0.4, 0.5) is 10.1 Å². The average molecular weight is 417 g/mol. The van der Waals surface area contributed by atoms with Crippen LogP contribution in [0, 0.1) is 12.7 Å². The molecule has 0 radical (unpaired) electrons. The van der Waals surface area contributed by atoms with E-state index in [-0.39, 0.29) is 27.5 Å². The number of rotatable bonds is 5. The molecule has 0 spiro atoms. The monoisotopic (exact) mass is 417 g/mol. The number of sulfonamides is 1. The molecule has 2 aromatic carbocycles. The number of aryl methyl sites for hydroxylation is 1. The fourth-order valence-corrected chi connectivity index (χ4v) is 3.49. The highest BCUT2D eigenvalue weighted by Crippen LogP contribution is 2.19. The third-order valence-corrected chi connectivity index (χ3v) is 5.25. The van der Waals surface area contributed by atoms with Gasteiger partial charge in [-0.2, -0.15) is 0 Å². The molecule has 8 nitrogen and oxygen atoms in total. The first kappa shape index (κ1) is 20.1. The smallest absolute Gasteiger partial charge is 0.305 e. The van der Waals surface area contributed by atoms with Crippen LogP contribution in [0.3, 0.4) is 0 Å². The van der Waals surface area contributed by atoms with Crippen LogP contribution in [0.25, 0.3) is 0 Å². The van der Waals surface area contributed by atoms with E-state index in [2.05, 4.69) is 15.6 Å². The molecule has 0 atom stereocenters. The molecule has 3 N–H and O–H groups in total. The molecule has 0 aliphatic rings. The first-order valence-corrected chi connectivity index (χ1v) is 9.78. The van der Waals surface area contributed by atoms with Crippen molar-refractivity contribution in [1.29, 1.82) is 0 Å². The Hall–Kier alpha value is -3.66. The van der Waals surface area contributed by atoms with Crippen molar-refractivity contribution in [2.45, 2.75) is 11.8 Å². The van der Waals surface area contributed by atoms with E-state index < -0.39 is 27.7 Å². The third kappa shape index (κ3) is 4.79. The van der Waals surface area contributed by atoms with Crippen molar-refractivity contribution in [3.05, 3.63) is 83.6 Å². The lowest BCUT2D eigenvalue weighted by molar-refractivity contribution is 0.0831. The minimum atomic E-state index is -3.92. The predicted molar refractivity (Wildman–Crippen MR) is 102 cm³/mol. The van der Waals surface area contributed by atoms with Gasteiger partial charge in [-0.15, -0.1) is 0 Å². The number of anilines is 1. The molecule has 0 bridgehead atoms. The standard InChI is InChI=1S/C19H16FN3O5S/c1-12-11-15(8-9-16(12)20)29(26,27)23-14-6-4-13(5-7-14)18(24)21-22-19(25)17-3-2-10-28-17/h2-11,23H,1H3,(H,21,24)(H,22,25). The molecule has 0 saturated heterocycles. The summed E-state index contributed by atoms with van der Waals surface area (Å²) < 4.78 is 45.4. The largest absolute Gasteiger partial charge is 0.459 e. The highest BCUT2D eigenvalue weighted by atomic mass is 32.2. The average Bonchev–Trinajstić information content (AvgIpc) is 3.23. The van der Waals surface area contributed by atoms with Crippen LogP contribution in [0.2, 0.25) is 0 Å². The Balaban J connectivity index is 1.64. The molecule has 0 fully saturated rings. The number of furan rings is 1. The zero-order valence-corrected chi connectivity index (χ0v) is 15.9. The Kier molecular flexibility index (Phi) is 5.64. The van der Waals surface area contributed by atoms with Crippen molar-refractivity contribution in [1.82, 2.24) is 10.9 Å². The van der Waals surface area contributed by atoms with E-state index in [0.29, 0.717) is 0 Å². The molecule has 29 heavy (non-hydrogen) atoms. The Morgan fingerprint density at radius 1 is 0.966 bits per heavy atom. The molecule has 1 aromatic heterocycles. The van der Waals surface area contributed by atoms with Crippen LogP contribution < -0.4 is 15.6 Å². The van der Waals surface area contributed by atoms with Crippen molar-refractivity contribution in [3.63, 3.8) is 0 Å². The first-order chi connectivity index (χ1) is 13.8. The summed E-state index contributed by atoms with van der Waals surface area (Å²) in [5.74, 6) is -1.69. The van der Waals surface area contributed by atoms with Gasteiger partial charge >= 0.3 is 5.91 Å². The van der Waals surface area contributed by atoms with E-state index in [4.69, 9.17) is 4.42 Å². The normalized spacial score (nSPS) is 11.0. The number of hydrazine groups is 1. The molecule has 0 aliphatic heterocycles. The number of benzene rings is 2. The van der Waals surface area contributed by atoms with Crippen LogP contribution >= 0.6 is 0 Å².